The molecule has 0 aromatic carbocycles. The van der Waals surface area contributed by atoms with Gasteiger partial charge in [-0.25, -0.2) is 0 Å². The third kappa shape index (κ3) is 1.60. The van der Waals surface area contributed by atoms with Crippen molar-refractivity contribution in [2.45, 2.75) is 39.2 Å². The molecule has 3 heteroatoms. The van der Waals surface area contributed by atoms with E-state index in [0.29, 0.717) is 11.9 Å². The fourth-order valence-electron chi connectivity index (χ4n) is 2.62. The van der Waals surface area contributed by atoms with Crippen LogP contribution in [0.1, 0.15) is 33.1 Å². The van der Waals surface area contributed by atoms with Crippen molar-refractivity contribution in [1.82, 2.24) is 4.90 Å². The van der Waals surface area contributed by atoms with Gasteiger partial charge in [0.15, 0.2) is 0 Å². The summed E-state index contributed by atoms with van der Waals surface area (Å²) in [5.74, 6) is 1.14. The van der Waals surface area contributed by atoms with Crippen molar-refractivity contribution in [2.24, 2.45) is 11.3 Å². The summed E-state index contributed by atoms with van der Waals surface area (Å²) < 4.78 is 0. The zero-order valence-corrected chi connectivity index (χ0v) is 10.5. The van der Waals surface area contributed by atoms with Gasteiger partial charge >= 0.3 is 0 Å². The van der Waals surface area contributed by atoms with Crippen molar-refractivity contribution < 1.29 is 4.79 Å². The summed E-state index contributed by atoms with van der Waals surface area (Å²) in [4.78, 5) is 14.3. The third-order valence-electron chi connectivity index (χ3n) is 3.58. The second kappa shape index (κ2) is 3.51. The van der Waals surface area contributed by atoms with E-state index >= 15 is 0 Å². The average Bonchev–Trinajstić information content (AvgIpc) is 2.77. The first kappa shape index (κ1) is 10.5. The van der Waals surface area contributed by atoms with Gasteiger partial charge in [-0.3, -0.25) is 4.79 Å². The first-order chi connectivity index (χ1) is 6.54. The number of hydrogen-bond donors (Lipinski definition) is 0. The number of halogens is 1. The van der Waals surface area contributed by atoms with Crippen LogP contribution in [-0.4, -0.2) is 28.7 Å². The molecule has 14 heavy (non-hydrogen) atoms. The molecular formula is C11H18BrNO. The van der Waals surface area contributed by atoms with Crippen LogP contribution in [0.4, 0.5) is 0 Å². The van der Waals surface area contributed by atoms with Crippen LogP contribution in [0.2, 0.25) is 0 Å². The van der Waals surface area contributed by atoms with Crippen LogP contribution in [-0.2, 0) is 4.79 Å². The molecule has 1 aliphatic heterocycles. The Morgan fingerprint density at radius 3 is 2.64 bits per heavy atom. The number of carbonyl (C=O) groups is 1. The molecule has 1 aliphatic carbocycles. The Labute approximate surface area is 94.2 Å². The number of carbonyl (C=O) groups excluding carboxylic acids is 1. The predicted octanol–water partition coefficient (Wildman–Crippen LogP) is 2.42. The minimum absolute atomic E-state index is 0.232. The molecule has 2 bridgehead atoms. The van der Waals surface area contributed by atoms with Crippen LogP contribution >= 0.6 is 15.9 Å². The lowest BCUT2D eigenvalue weighted by Crippen LogP contribution is -2.45. The largest absolute Gasteiger partial charge is 0.339 e. The highest BCUT2D eigenvalue weighted by atomic mass is 79.9. The molecule has 0 N–H and O–H groups in total. The van der Waals surface area contributed by atoms with E-state index in [4.69, 9.17) is 0 Å². The van der Waals surface area contributed by atoms with Gasteiger partial charge in [0.1, 0.15) is 0 Å². The number of piperidine rings is 1. The Balaban J connectivity index is 2.06. The van der Waals surface area contributed by atoms with Gasteiger partial charge in [0.05, 0.1) is 5.41 Å². The normalized spacial score (nSPS) is 31.2. The maximum Gasteiger partial charge on any atom is 0.229 e. The summed E-state index contributed by atoms with van der Waals surface area (Å²) in [6, 6.07) is 0.561. The molecule has 0 aromatic heterocycles. The SMILES string of the molecule is CC(C)(CBr)C(=O)N1CC2CCC1C2. The Hall–Kier alpha value is -0.0500. The molecule has 0 aromatic rings. The lowest BCUT2D eigenvalue weighted by molar-refractivity contribution is -0.140. The Kier molecular flexibility index (Phi) is 2.63. The van der Waals surface area contributed by atoms with E-state index in [1.54, 1.807) is 0 Å². The molecule has 2 rings (SSSR count). The summed E-state index contributed by atoms with van der Waals surface area (Å²) >= 11 is 3.42. The second-order valence-corrected chi connectivity index (χ2v) is 5.87. The fourth-order valence-corrected chi connectivity index (χ4v) is 2.86. The van der Waals surface area contributed by atoms with Crippen molar-refractivity contribution in [3.63, 3.8) is 0 Å². The van der Waals surface area contributed by atoms with Crippen LogP contribution in [0.15, 0.2) is 0 Å². The number of likely N-dealkylation sites (tertiary alicyclic amines) is 1. The number of alkyl halides is 1. The molecule has 2 unspecified atom stereocenters. The number of hydrogen-bond acceptors (Lipinski definition) is 1. The standard InChI is InChI=1S/C11H18BrNO/c1-11(2,7-12)10(14)13-6-8-3-4-9(13)5-8/h8-9H,3-7H2,1-2H3. The second-order valence-electron chi connectivity index (χ2n) is 5.31. The van der Waals surface area contributed by atoms with Gasteiger partial charge in [-0.05, 0) is 25.2 Å². The van der Waals surface area contributed by atoms with Crippen molar-refractivity contribution in [3.8, 4) is 0 Å². The van der Waals surface area contributed by atoms with Crippen molar-refractivity contribution >= 4 is 21.8 Å². The topological polar surface area (TPSA) is 20.3 Å². The summed E-state index contributed by atoms with van der Waals surface area (Å²) in [6.45, 7) is 5.06. The molecule has 1 amide bonds. The van der Waals surface area contributed by atoms with Gasteiger partial charge in [-0.15, -0.1) is 0 Å². The molecule has 0 radical (unpaired) electrons. The van der Waals surface area contributed by atoms with Gasteiger partial charge in [-0.2, -0.15) is 0 Å². The smallest absolute Gasteiger partial charge is 0.229 e. The van der Waals surface area contributed by atoms with E-state index in [-0.39, 0.29) is 5.41 Å². The molecule has 1 heterocycles. The minimum Gasteiger partial charge on any atom is -0.339 e. The molecule has 2 nitrogen and oxygen atoms in total. The first-order valence-electron chi connectivity index (χ1n) is 5.41. The number of amides is 1. The highest BCUT2D eigenvalue weighted by molar-refractivity contribution is 9.09. The van der Waals surface area contributed by atoms with Crippen LogP contribution in [0.5, 0.6) is 0 Å². The molecule has 2 atom stereocenters. The molecule has 1 saturated heterocycles. The number of nitrogens with zero attached hydrogens (tertiary/aromatic N) is 1. The maximum atomic E-state index is 12.2. The number of rotatable bonds is 2. The molecule has 0 spiro atoms. The summed E-state index contributed by atoms with van der Waals surface area (Å²) in [5, 5.41) is 0.757. The van der Waals surface area contributed by atoms with E-state index in [9.17, 15) is 4.79 Å². The quantitative estimate of drug-likeness (QED) is 0.698. The van der Waals surface area contributed by atoms with Crippen LogP contribution in [0, 0.1) is 11.3 Å². The van der Waals surface area contributed by atoms with Crippen LogP contribution in [0.25, 0.3) is 0 Å². The zero-order valence-electron chi connectivity index (χ0n) is 8.92. The lowest BCUT2D eigenvalue weighted by atomic mass is 9.93. The minimum atomic E-state index is -0.232. The van der Waals surface area contributed by atoms with Crippen LogP contribution in [0.3, 0.4) is 0 Å². The molecule has 80 valence electrons. The average molecular weight is 260 g/mol. The van der Waals surface area contributed by atoms with Gasteiger partial charge in [0.25, 0.3) is 0 Å². The van der Waals surface area contributed by atoms with Crippen LogP contribution < -0.4 is 0 Å². The highest BCUT2D eigenvalue weighted by Gasteiger charge is 2.43. The lowest BCUT2D eigenvalue weighted by Gasteiger charge is -2.33. The summed E-state index contributed by atoms with van der Waals surface area (Å²) in [7, 11) is 0. The number of fused-ring (bicyclic) bond motifs is 2. The Morgan fingerprint density at radius 1 is 1.50 bits per heavy atom. The highest BCUT2D eigenvalue weighted by Crippen LogP contribution is 2.39. The monoisotopic (exact) mass is 259 g/mol. The van der Waals surface area contributed by atoms with E-state index < -0.39 is 0 Å². The molecule has 1 saturated carbocycles. The van der Waals surface area contributed by atoms with Crippen molar-refractivity contribution in [1.29, 1.82) is 0 Å². The zero-order chi connectivity index (χ0) is 10.3. The van der Waals surface area contributed by atoms with Crippen molar-refractivity contribution in [3.05, 3.63) is 0 Å². The third-order valence-corrected chi connectivity index (χ3v) is 4.98. The van der Waals surface area contributed by atoms with E-state index in [2.05, 4.69) is 20.8 Å². The summed E-state index contributed by atoms with van der Waals surface area (Å²) in [5.41, 5.74) is -0.232. The molecule has 2 fully saturated rings. The molecular weight excluding hydrogens is 242 g/mol. The Bertz CT molecular complexity index is 252. The van der Waals surface area contributed by atoms with Gasteiger partial charge in [0.2, 0.25) is 5.91 Å². The van der Waals surface area contributed by atoms with E-state index in [0.717, 1.165) is 17.8 Å². The van der Waals surface area contributed by atoms with Gasteiger partial charge < -0.3 is 4.90 Å². The summed E-state index contributed by atoms with van der Waals surface area (Å²) in [6.07, 6.45) is 3.82. The van der Waals surface area contributed by atoms with Crippen molar-refractivity contribution in [2.75, 3.05) is 11.9 Å². The van der Waals surface area contributed by atoms with Gasteiger partial charge in [0, 0.05) is 17.9 Å². The molecule has 2 aliphatic rings. The fraction of sp³-hybridized carbons (Fsp3) is 0.909. The Morgan fingerprint density at radius 2 is 2.21 bits per heavy atom. The van der Waals surface area contributed by atoms with E-state index in [1.165, 1.54) is 19.3 Å². The van der Waals surface area contributed by atoms with Gasteiger partial charge in [-0.1, -0.05) is 29.8 Å². The van der Waals surface area contributed by atoms with E-state index in [1.807, 2.05) is 13.8 Å². The maximum absolute atomic E-state index is 12.2. The first-order valence-corrected chi connectivity index (χ1v) is 6.54. The predicted molar refractivity (Wildman–Crippen MR) is 60.4 cm³/mol.